The maximum Gasteiger partial charge on any atom is 0.151 e. The summed E-state index contributed by atoms with van der Waals surface area (Å²) in [5.41, 5.74) is 7.58. The van der Waals surface area contributed by atoms with Gasteiger partial charge in [-0.1, -0.05) is 42.5 Å². The van der Waals surface area contributed by atoms with Crippen LogP contribution in [0.4, 0.5) is 20.2 Å². The van der Waals surface area contributed by atoms with Crippen LogP contribution in [-0.2, 0) is 5.44 Å². The summed E-state index contributed by atoms with van der Waals surface area (Å²) in [6.45, 7) is 0. The summed E-state index contributed by atoms with van der Waals surface area (Å²) in [7, 11) is 7.00. The number of rotatable bonds is 9. The third kappa shape index (κ3) is 5.18. The zero-order valence-electron chi connectivity index (χ0n) is 22.4. The van der Waals surface area contributed by atoms with E-state index in [0.29, 0.717) is 34.1 Å². The smallest absolute Gasteiger partial charge is 0.151 e. The quantitative estimate of drug-likeness (QED) is 0.207. The number of fused-ring (bicyclic) bond motifs is 1. The molecule has 0 amide bonds. The van der Waals surface area contributed by atoms with Crippen molar-refractivity contribution in [2.75, 3.05) is 10.6 Å². The summed E-state index contributed by atoms with van der Waals surface area (Å²) in [5.74, 6) is -1.05. The molecule has 6 rings (SSSR count). The van der Waals surface area contributed by atoms with Gasteiger partial charge in [-0.15, -0.1) is 5.53 Å². The molecule has 0 saturated heterocycles. The van der Waals surface area contributed by atoms with Crippen molar-refractivity contribution >= 4 is 30.1 Å². The molecule has 1 aromatic heterocycles. The SMILES string of the molecule is [B]C(Nc1cc(F)c2ncc(C#N)c(NC(CC#N)c3ccccc3)c2c1)(C1=CN(C2CC2)NN1)c1ccc(F)cc1. The molecule has 4 aromatic rings. The highest BCUT2D eigenvalue weighted by Crippen LogP contribution is 2.38. The average molecular weight is 558 g/mol. The van der Waals surface area contributed by atoms with Crippen LogP contribution in [0.25, 0.3) is 10.9 Å². The van der Waals surface area contributed by atoms with Crippen molar-refractivity contribution in [3.05, 3.63) is 113 Å². The standard InChI is InChI=1S/C31H25BF2N8/c32-31(21-6-8-22(33)9-7-21,28-18-42(41-40-28)24-10-11-24)39-23-14-25-29(20(16-36)17-37-30(25)26(34)15-23)38-27(12-13-35)19-4-2-1-3-5-19/h1-9,14-15,17-18,24,27,39-41H,10-12H2,(H,37,38). The van der Waals surface area contributed by atoms with Crippen LogP contribution in [0.2, 0.25) is 0 Å². The Hall–Kier alpha value is -5.13. The van der Waals surface area contributed by atoms with Crippen LogP contribution in [0, 0.1) is 34.3 Å². The molecule has 2 heterocycles. The first-order valence-corrected chi connectivity index (χ1v) is 13.5. The average Bonchev–Trinajstić information content (AvgIpc) is 3.73. The largest absolute Gasteiger partial charge is 0.378 e. The second-order valence-electron chi connectivity index (χ2n) is 10.3. The first kappa shape index (κ1) is 27.1. The van der Waals surface area contributed by atoms with E-state index in [-0.39, 0.29) is 17.5 Å². The van der Waals surface area contributed by atoms with Crippen LogP contribution in [0.15, 0.2) is 84.8 Å². The first-order chi connectivity index (χ1) is 20.4. The minimum atomic E-state index is -1.42. The predicted octanol–water partition coefficient (Wildman–Crippen LogP) is 5.21. The predicted molar refractivity (Wildman–Crippen MR) is 156 cm³/mol. The molecule has 206 valence electrons. The van der Waals surface area contributed by atoms with E-state index in [1.165, 1.54) is 24.4 Å². The van der Waals surface area contributed by atoms with Crippen molar-refractivity contribution in [3.63, 3.8) is 0 Å². The highest BCUT2D eigenvalue weighted by atomic mass is 19.1. The van der Waals surface area contributed by atoms with E-state index in [2.05, 4.69) is 38.7 Å². The summed E-state index contributed by atoms with van der Waals surface area (Å²) >= 11 is 0. The Labute approximate surface area is 243 Å². The van der Waals surface area contributed by atoms with E-state index in [1.807, 2.05) is 41.5 Å². The lowest BCUT2D eigenvalue weighted by Crippen LogP contribution is -2.45. The molecule has 2 radical (unpaired) electrons. The number of halogens is 2. The Bertz CT molecular complexity index is 1750. The maximum absolute atomic E-state index is 15.6. The zero-order chi connectivity index (χ0) is 29.3. The topological polar surface area (TPSA) is 112 Å². The molecule has 4 N–H and O–H groups in total. The molecular formula is C31H25BF2N8. The van der Waals surface area contributed by atoms with Crippen LogP contribution < -0.4 is 21.6 Å². The van der Waals surface area contributed by atoms with Gasteiger partial charge in [0.15, 0.2) is 5.82 Å². The lowest BCUT2D eigenvalue weighted by atomic mass is 9.69. The van der Waals surface area contributed by atoms with Gasteiger partial charge in [-0.3, -0.25) is 9.99 Å². The number of anilines is 2. The minimum Gasteiger partial charge on any atom is -0.378 e. The van der Waals surface area contributed by atoms with Gasteiger partial charge in [0.25, 0.3) is 0 Å². The number of hydrogen-bond donors (Lipinski definition) is 4. The number of aromatic nitrogens is 1. The Morgan fingerprint density at radius 3 is 2.55 bits per heavy atom. The van der Waals surface area contributed by atoms with Crippen LogP contribution >= 0.6 is 0 Å². The summed E-state index contributed by atoms with van der Waals surface area (Å²) < 4.78 is 29.5. The monoisotopic (exact) mass is 558 g/mol. The molecule has 1 aliphatic heterocycles. The molecule has 1 fully saturated rings. The van der Waals surface area contributed by atoms with E-state index in [1.54, 1.807) is 18.2 Å². The Kier molecular flexibility index (Phi) is 7.11. The minimum absolute atomic E-state index is 0.0509. The molecule has 2 unspecified atom stereocenters. The second kappa shape index (κ2) is 11.0. The first-order valence-electron chi connectivity index (χ1n) is 13.5. The fourth-order valence-corrected chi connectivity index (χ4v) is 5.09. The number of nitriles is 2. The van der Waals surface area contributed by atoms with Gasteiger partial charge in [0.2, 0.25) is 0 Å². The molecule has 11 heteroatoms. The Balaban J connectivity index is 1.45. The molecular weight excluding hydrogens is 533 g/mol. The van der Waals surface area contributed by atoms with Gasteiger partial charge >= 0.3 is 0 Å². The summed E-state index contributed by atoms with van der Waals surface area (Å²) in [4.78, 5) is 4.21. The molecule has 2 atom stereocenters. The summed E-state index contributed by atoms with van der Waals surface area (Å²) in [6, 6.07) is 22.2. The molecule has 2 aliphatic rings. The third-order valence-electron chi connectivity index (χ3n) is 7.46. The van der Waals surface area contributed by atoms with Crippen molar-refractivity contribution in [1.82, 2.24) is 21.0 Å². The molecule has 0 bridgehead atoms. The Morgan fingerprint density at radius 1 is 1.10 bits per heavy atom. The molecule has 8 nitrogen and oxygen atoms in total. The normalized spacial score (nSPS) is 16.5. The van der Waals surface area contributed by atoms with Crippen molar-refractivity contribution in [2.24, 2.45) is 0 Å². The number of benzene rings is 3. The molecule has 1 saturated carbocycles. The maximum atomic E-state index is 15.6. The number of pyridine rings is 1. The Morgan fingerprint density at radius 2 is 1.86 bits per heavy atom. The van der Waals surface area contributed by atoms with Gasteiger partial charge in [-0.25, -0.2) is 8.78 Å². The zero-order valence-corrected chi connectivity index (χ0v) is 22.4. The van der Waals surface area contributed by atoms with Crippen molar-refractivity contribution in [2.45, 2.75) is 36.8 Å². The van der Waals surface area contributed by atoms with E-state index < -0.39 is 23.1 Å². The third-order valence-corrected chi connectivity index (χ3v) is 7.46. The molecule has 1 aliphatic carbocycles. The highest BCUT2D eigenvalue weighted by Gasteiger charge is 2.38. The lowest BCUT2D eigenvalue weighted by Gasteiger charge is -2.34. The van der Waals surface area contributed by atoms with Gasteiger partial charge in [-0.05, 0) is 48.2 Å². The second-order valence-corrected chi connectivity index (χ2v) is 10.3. The van der Waals surface area contributed by atoms with Gasteiger partial charge < -0.3 is 16.1 Å². The van der Waals surface area contributed by atoms with E-state index in [0.717, 1.165) is 18.4 Å². The number of hydrazine groups is 2. The van der Waals surface area contributed by atoms with Crippen LogP contribution in [0.5, 0.6) is 0 Å². The van der Waals surface area contributed by atoms with E-state index >= 15 is 4.39 Å². The van der Waals surface area contributed by atoms with Gasteiger partial charge in [0.1, 0.15) is 25.2 Å². The number of nitrogens with one attached hydrogen (secondary N) is 4. The number of nitrogens with zero attached hydrogens (tertiary/aromatic N) is 4. The van der Waals surface area contributed by atoms with Gasteiger partial charge in [-0.2, -0.15) is 10.5 Å². The van der Waals surface area contributed by atoms with E-state index in [4.69, 9.17) is 7.85 Å². The van der Waals surface area contributed by atoms with Crippen LogP contribution in [-0.4, -0.2) is 23.9 Å². The highest BCUT2D eigenvalue weighted by molar-refractivity contribution is 6.19. The van der Waals surface area contributed by atoms with Gasteiger partial charge in [0.05, 0.1) is 40.9 Å². The van der Waals surface area contributed by atoms with E-state index in [9.17, 15) is 14.9 Å². The fraction of sp³-hybridized carbons (Fsp3) is 0.194. The fourth-order valence-electron chi connectivity index (χ4n) is 5.09. The van der Waals surface area contributed by atoms with Crippen LogP contribution in [0.1, 0.15) is 42.0 Å². The van der Waals surface area contributed by atoms with Crippen molar-refractivity contribution < 1.29 is 8.78 Å². The van der Waals surface area contributed by atoms with Crippen LogP contribution in [0.3, 0.4) is 0 Å². The summed E-state index contributed by atoms with van der Waals surface area (Å²) in [5, 5.41) is 28.3. The molecule has 0 spiro atoms. The molecule has 42 heavy (non-hydrogen) atoms. The number of hydrogen-bond acceptors (Lipinski definition) is 8. The van der Waals surface area contributed by atoms with Gasteiger partial charge in [0, 0.05) is 29.5 Å². The molecule has 3 aromatic carbocycles. The van der Waals surface area contributed by atoms with Crippen molar-refractivity contribution in [1.29, 1.82) is 10.5 Å². The van der Waals surface area contributed by atoms with Crippen molar-refractivity contribution in [3.8, 4) is 12.1 Å². The lowest BCUT2D eigenvalue weighted by molar-refractivity contribution is 0.260. The summed E-state index contributed by atoms with van der Waals surface area (Å²) in [6.07, 6.45) is 5.35.